The smallest absolute Gasteiger partial charge is 0.251 e. The first-order valence-corrected chi connectivity index (χ1v) is 8.08. The predicted octanol–water partition coefficient (Wildman–Crippen LogP) is 4.07. The van der Waals surface area contributed by atoms with Crippen molar-refractivity contribution in [2.75, 3.05) is 11.9 Å². The molecule has 0 aliphatic carbocycles. The molecule has 2 aromatic carbocycles. The number of H-pyrrole nitrogens is 1. The lowest BCUT2D eigenvalue weighted by Gasteiger charge is -2.08. The molecule has 1 aromatic heterocycles. The number of aromatic nitrogens is 1. The second-order valence-electron chi connectivity index (χ2n) is 6.20. The first-order valence-electron chi connectivity index (χ1n) is 8.08. The first-order chi connectivity index (χ1) is 11.6. The molecule has 3 N–H and O–H groups in total. The number of hydrogen-bond acceptors (Lipinski definition) is 2. The van der Waals surface area contributed by atoms with E-state index < -0.39 is 0 Å². The van der Waals surface area contributed by atoms with Crippen molar-refractivity contribution in [2.24, 2.45) is 0 Å². The van der Waals surface area contributed by atoms with Gasteiger partial charge in [0.15, 0.2) is 0 Å². The molecule has 1 aliphatic heterocycles. The third-order valence-corrected chi connectivity index (χ3v) is 4.34. The summed E-state index contributed by atoms with van der Waals surface area (Å²) in [4.78, 5) is 15.8. The van der Waals surface area contributed by atoms with Crippen LogP contribution in [0, 0.1) is 0 Å². The topological polar surface area (TPSA) is 56.9 Å². The van der Waals surface area contributed by atoms with Crippen molar-refractivity contribution in [3.8, 4) is 11.3 Å². The minimum atomic E-state index is 0.00241. The Morgan fingerprint density at radius 3 is 2.88 bits per heavy atom. The summed E-state index contributed by atoms with van der Waals surface area (Å²) in [6.45, 7) is 6.49. The second kappa shape index (κ2) is 5.57. The highest BCUT2D eigenvalue weighted by atomic mass is 16.1. The average Bonchev–Trinajstić information content (AvgIpc) is 2.84. The zero-order valence-corrected chi connectivity index (χ0v) is 13.6. The molecule has 0 fully saturated rings. The zero-order valence-electron chi connectivity index (χ0n) is 13.6. The van der Waals surface area contributed by atoms with Gasteiger partial charge in [0.2, 0.25) is 0 Å². The Labute approximate surface area is 140 Å². The SMILES string of the molecule is C=C(C)Nc1cccc(-c2[nH]c3cccc4c3c2CCNC4=O)c1. The van der Waals surface area contributed by atoms with E-state index in [4.69, 9.17) is 0 Å². The number of hydrogen-bond donors (Lipinski definition) is 3. The monoisotopic (exact) mass is 317 g/mol. The number of benzene rings is 2. The summed E-state index contributed by atoms with van der Waals surface area (Å²) in [6, 6.07) is 14.1. The minimum Gasteiger partial charge on any atom is -0.360 e. The van der Waals surface area contributed by atoms with Crippen LogP contribution in [0.4, 0.5) is 5.69 Å². The van der Waals surface area contributed by atoms with Crippen molar-refractivity contribution in [1.29, 1.82) is 0 Å². The number of anilines is 1. The normalized spacial score (nSPS) is 13.5. The maximum Gasteiger partial charge on any atom is 0.251 e. The fourth-order valence-electron chi connectivity index (χ4n) is 3.40. The Hall–Kier alpha value is -3.01. The summed E-state index contributed by atoms with van der Waals surface area (Å²) in [5.74, 6) is 0.00241. The van der Waals surface area contributed by atoms with Gasteiger partial charge in [0, 0.05) is 45.7 Å². The van der Waals surface area contributed by atoms with Crippen molar-refractivity contribution in [1.82, 2.24) is 10.3 Å². The van der Waals surface area contributed by atoms with E-state index in [1.807, 2.05) is 37.3 Å². The molecule has 1 amide bonds. The molecule has 2 heterocycles. The van der Waals surface area contributed by atoms with Gasteiger partial charge in [-0.2, -0.15) is 0 Å². The van der Waals surface area contributed by atoms with Gasteiger partial charge in [0.25, 0.3) is 5.91 Å². The van der Waals surface area contributed by atoms with Gasteiger partial charge in [-0.25, -0.2) is 0 Å². The van der Waals surface area contributed by atoms with E-state index >= 15 is 0 Å². The Morgan fingerprint density at radius 1 is 1.21 bits per heavy atom. The molecule has 0 saturated heterocycles. The van der Waals surface area contributed by atoms with Gasteiger partial charge in [-0.05, 0) is 43.2 Å². The summed E-state index contributed by atoms with van der Waals surface area (Å²) >= 11 is 0. The molecule has 0 spiro atoms. The van der Waals surface area contributed by atoms with E-state index in [0.29, 0.717) is 6.54 Å². The van der Waals surface area contributed by atoms with Gasteiger partial charge in [0.05, 0.1) is 0 Å². The number of rotatable bonds is 3. The van der Waals surface area contributed by atoms with E-state index in [9.17, 15) is 4.79 Å². The minimum absolute atomic E-state index is 0.00241. The first kappa shape index (κ1) is 14.6. The molecule has 4 heteroatoms. The zero-order chi connectivity index (χ0) is 16.7. The van der Waals surface area contributed by atoms with Gasteiger partial charge in [0.1, 0.15) is 0 Å². The quantitative estimate of drug-likeness (QED) is 0.682. The Balaban J connectivity index is 1.92. The van der Waals surface area contributed by atoms with E-state index in [2.05, 4.69) is 34.3 Å². The van der Waals surface area contributed by atoms with Crippen LogP contribution in [0.15, 0.2) is 54.7 Å². The molecule has 0 atom stereocenters. The maximum atomic E-state index is 12.3. The molecule has 0 unspecified atom stereocenters. The summed E-state index contributed by atoms with van der Waals surface area (Å²) in [6.07, 6.45) is 0.816. The van der Waals surface area contributed by atoms with Crippen LogP contribution in [-0.2, 0) is 6.42 Å². The third kappa shape index (κ3) is 2.36. The Bertz CT molecular complexity index is 968. The van der Waals surface area contributed by atoms with Crippen LogP contribution >= 0.6 is 0 Å². The molecule has 0 radical (unpaired) electrons. The lowest BCUT2D eigenvalue weighted by molar-refractivity contribution is 0.0957. The largest absolute Gasteiger partial charge is 0.360 e. The summed E-state index contributed by atoms with van der Waals surface area (Å²) in [5.41, 5.74) is 7.05. The molecule has 3 aromatic rings. The van der Waals surface area contributed by atoms with Crippen molar-refractivity contribution in [3.63, 3.8) is 0 Å². The fourth-order valence-corrected chi connectivity index (χ4v) is 3.40. The molecule has 4 rings (SSSR count). The van der Waals surface area contributed by atoms with E-state index in [-0.39, 0.29) is 5.91 Å². The van der Waals surface area contributed by atoms with Crippen LogP contribution in [0.5, 0.6) is 0 Å². The fraction of sp³-hybridized carbons (Fsp3) is 0.150. The molecule has 4 nitrogen and oxygen atoms in total. The Kier molecular flexibility index (Phi) is 3.38. The average molecular weight is 317 g/mol. The van der Waals surface area contributed by atoms with Gasteiger partial charge in [-0.3, -0.25) is 4.79 Å². The standard InChI is InChI=1S/C20H19N3O/c1-12(2)22-14-6-3-5-13(11-14)19-15-9-10-21-20(24)16-7-4-8-17(23-19)18(15)16/h3-8,11,22-23H,1,9-10H2,2H3,(H,21,24). The van der Waals surface area contributed by atoms with Crippen LogP contribution in [0.1, 0.15) is 22.8 Å². The highest BCUT2D eigenvalue weighted by Crippen LogP contribution is 2.34. The molecule has 24 heavy (non-hydrogen) atoms. The van der Waals surface area contributed by atoms with Crippen molar-refractivity contribution in [3.05, 3.63) is 65.9 Å². The van der Waals surface area contributed by atoms with Crippen LogP contribution in [0.2, 0.25) is 0 Å². The van der Waals surface area contributed by atoms with Crippen LogP contribution in [0.25, 0.3) is 22.2 Å². The van der Waals surface area contributed by atoms with Crippen LogP contribution in [0.3, 0.4) is 0 Å². The number of carbonyl (C=O) groups is 1. The van der Waals surface area contributed by atoms with Crippen molar-refractivity contribution < 1.29 is 4.79 Å². The highest BCUT2D eigenvalue weighted by Gasteiger charge is 2.22. The van der Waals surface area contributed by atoms with Gasteiger partial charge < -0.3 is 15.6 Å². The van der Waals surface area contributed by atoms with E-state index in [0.717, 1.165) is 45.5 Å². The van der Waals surface area contributed by atoms with Crippen LogP contribution in [-0.4, -0.2) is 17.4 Å². The summed E-state index contributed by atoms with van der Waals surface area (Å²) in [5, 5.41) is 7.28. The van der Waals surface area contributed by atoms with Gasteiger partial charge in [-0.15, -0.1) is 0 Å². The Morgan fingerprint density at radius 2 is 2.04 bits per heavy atom. The van der Waals surface area contributed by atoms with Crippen molar-refractivity contribution in [2.45, 2.75) is 13.3 Å². The second-order valence-corrected chi connectivity index (χ2v) is 6.20. The van der Waals surface area contributed by atoms with Crippen molar-refractivity contribution >= 4 is 22.5 Å². The lowest BCUT2D eigenvalue weighted by Crippen LogP contribution is -2.23. The maximum absolute atomic E-state index is 12.3. The number of carbonyl (C=O) groups excluding carboxylic acids is 1. The third-order valence-electron chi connectivity index (χ3n) is 4.34. The number of aromatic amines is 1. The highest BCUT2D eigenvalue weighted by molar-refractivity contribution is 6.10. The summed E-state index contributed by atoms with van der Waals surface area (Å²) in [7, 11) is 0. The molecule has 0 saturated carbocycles. The van der Waals surface area contributed by atoms with Crippen LogP contribution < -0.4 is 10.6 Å². The predicted molar refractivity (Wildman–Crippen MR) is 98.2 cm³/mol. The molecule has 120 valence electrons. The number of nitrogens with one attached hydrogen (secondary N) is 3. The molecular formula is C20H19N3O. The molecular weight excluding hydrogens is 298 g/mol. The van der Waals surface area contributed by atoms with E-state index in [1.165, 1.54) is 5.56 Å². The molecule has 0 bridgehead atoms. The van der Waals surface area contributed by atoms with Gasteiger partial charge in [-0.1, -0.05) is 24.8 Å². The lowest BCUT2D eigenvalue weighted by atomic mass is 10.00. The number of amides is 1. The van der Waals surface area contributed by atoms with E-state index in [1.54, 1.807) is 0 Å². The molecule has 1 aliphatic rings. The number of allylic oxidation sites excluding steroid dienone is 1. The van der Waals surface area contributed by atoms with Gasteiger partial charge >= 0.3 is 0 Å². The summed E-state index contributed by atoms with van der Waals surface area (Å²) < 4.78 is 0.